The highest BCUT2D eigenvalue weighted by atomic mass is 35.5. The number of carbonyl (C=O) groups excluding carboxylic acids is 1. The summed E-state index contributed by atoms with van der Waals surface area (Å²) >= 11 is 6.32. The van der Waals surface area contributed by atoms with Gasteiger partial charge in [0.05, 0.1) is 17.6 Å². The van der Waals surface area contributed by atoms with Crippen molar-refractivity contribution in [1.29, 1.82) is 0 Å². The number of hydrogen-bond acceptors (Lipinski definition) is 5. The van der Waals surface area contributed by atoms with Gasteiger partial charge in [-0.2, -0.15) is 9.78 Å². The first-order chi connectivity index (χ1) is 12.1. The fraction of sp³-hybridized carbons (Fsp3) is 0.353. The molecule has 0 spiro atoms. The second-order valence-corrected chi connectivity index (χ2v) is 6.18. The maximum absolute atomic E-state index is 12.6. The number of anilines is 1. The third kappa shape index (κ3) is 3.67. The number of halogens is 1. The molecule has 1 saturated heterocycles. The largest absolute Gasteiger partial charge is 0.365 e. The highest BCUT2D eigenvalue weighted by Crippen LogP contribution is 2.23. The molecule has 1 fully saturated rings. The smallest absolute Gasteiger partial charge is 0.292 e. The Kier molecular flexibility index (Phi) is 5.35. The minimum absolute atomic E-state index is 0.0610. The lowest BCUT2D eigenvalue weighted by Crippen LogP contribution is -2.49. The van der Waals surface area contributed by atoms with Gasteiger partial charge in [0.2, 0.25) is 5.91 Å². The molecule has 0 aliphatic carbocycles. The van der Waals surface area contributed by atoms with Crippen LogP contribution in [0.15, 0.2) is 41.3 Å². The summed E-state index contributed by atoms with van der Waals surface area (Å²) in [6.45, 7) is 2.72. The SMILES string of the molecule is NCCC(=O)N1CCN(c2cnn(-c3ccccc3)c(=O)c2Cl)CC1. The van der Waals surface area contributed by atoms with Gasteiger partial charge in [0, 0.05) is 39.1 Å². The summed E-state index contributed by atoms with van der Waals surface area (Å²) < 4.78 is 1.28. The highest BCUT2D eigenvalue weighted by Gasteiger charge is 2.23. The lowest BCUT2D eigenvalue weighted by Gasteiger charge is -2.36. The van der Waals surface area contributed by atoms with Crippen LogP contribution in [0.4, 0.5) is 5.69 Å². The number of hydrogen-bond donors (Lipinski definition) is 1. The van der Waals surface area contributed by atoms with Crippen molar-refractivity contribution in [1.82, 2.24) is 14.7 Å². The van der Waals surface area contributed by atoms with Gasteiger partial charge in [-0.1, -0.05) is 29.8 Å². The summed E-state index contributed by atoms with van der Waals surface area (Å²) in [6.07, 6.45) is 1.96. The van der Waals surface area contributed by atoms with Crippen molar-refractivity contribution in [3.8, 4) is 5.69 Å². The minimum atomic E-state index is -0.355. The topological polar surface area (TPSA) is 84.5 Å². The van der Waals surface area contributed by atoms with Crippen LogP contribution >= 0.6 is 11.6 Å². The normalized spacial score (nSPS) is 14.6. The Morgan fingerprint density at radius 1 is 1.16 bits per heavy atom. The van der Waals surface area contributed by atoms with Gasteiger partial charge in [0.1, 0.15) is 5.02 Å². The number of nitrogens with two attached hydrogens (primary N) is 1. The van der Waals surface area contributed by atoms with E-state index in [0.29, 0.717) is 50.5 Å². The van der Waals surface area contributed by atoms with Gasteiger partial charge in [-0.3, -0.25) is 9.59 Å². The maximum Gasteiger partial charge on any atom is 0.292 e. The van der Waals surface area contributed by atoms with E-state index in [-0.39, 0.29) is 16.5 Å². The number of piperazine rings is 1. The van der Waals surface area contributed by atoms with Gasteiger partial charge in [-0.25, -0.2) is 0 Å². The van der Waals surface area contributed by atoms with Crippen LogP contribution in [-0.2, 0) is 4.79 Å². The van der Waals surface area contributed by atoms with Crippen LogP contribution in [0.5, 0.6) is 0 Å². The Bertz CT molecular complexity index is 800. The molecule has 8 heteroatoms. The number of aromatic nitrogens is 2. The average molecular weight is 362 g/mol. The van der Waals surface area contributed by atoms with E-state index >= 15 is 0 Å². The van der Waals surface area contributed by atoms with Gasteiger partial charge in [-0.05, 0) is 12.1 Å². The van der Waals surface area contributed by atoms with Crippen LogP contribution in [0, 0.1) is 0 Å². The molecule has 1 aromatic carbocycles. The zero-order chi connectivity index (χ0) is 17.8. The number of amides is 1. The summed E-state index contributed by atoms with van der Waals surface area (Å²) in [7, 11) is 0. The fourth-order valence-electron chi connectivity index (χ4n) is 2.88. The number of rotatable bonds is 4. The minimum Gasteiger partial charge on any atom is -0.365 e. The third-order valence-corrected chi connectivity index (χ3v) is 4.59. The molecule has 3 rings (SSSR count). The number of carbonyl (C=O) groups is 1. The molecule has 0 unspecified atom stereocenters. The molecule has 7 nitrogen and oxygen atoms in total. The summed E-state index contributed by atoms with van der Waals surface area (Å²) in [5.41, 5.74) is 6.34. The zero-order valence-corrected chi connectivity index (χ0v) is 14.5. The van der Waals surface area contributed by atoms with Crippen molar-refractivity contribution in [3.05, 3.63) is 51.9 Å². The van der Waals surface area contributed by atoms with Crippen LogP contribution in [0.2, 0.25) is 5.02 Å². The number of benzene rings is 1. The quantitative estimate of drug-likeness (QED) is 0.874. The fourth-order valence-corrected chi connectivity index (χ4v) is 3.12. The van der Waals surface area contributed by atoms with Gasteiger partial charge >= 0.3 is 0 Å². The van der Waals surface area contributed by atoms with Crippen molar-refractivity contribution in [2.75, 3.05) is 37.6 Å². The van der Waals surface area contributed by atoms with Crippen LogP contribution in [0.25, 0.3) is 5.69 Å². The molecule has 2 aromatic rings. The second-order valence-electron chi connectivity index (χ2n) is 5.80. The monoisotopic (exact) mass is 361 g/mol. The van der Waals surface area contributed by atoms with Crippen LogP contribution < -0.4 is 16.2 Å². The highest BCUT2D eigenvalue weighted by molar-refractivity contribution is 6.33. The van der Waals surface area contributed by atoms with E-state index in [0.717, 1.165) is 0 Å². The molecule has 0 saturated carbocycles. The zero-order valence-electron chi connectivity index (χ0n) is 13.8. The predicted octanol–water partition coefficient (Wildman–Crippen LogP) is 0.883. The van der Waals surface area contributed by atoms with Gasteiger partial charge in [0.25, 0.3) is 5.56 Å². The maximum atomic E-state index is 12.6. The van der Waals surface area contributed by atoms with E-state index < -0.39 is 0 Å². The first-order valence-corrected chi connectivity index (χ1v) is 8.55. The molecule has 0 bridgehead atoms. The molecule has 1 aromatic heterocycles. The van der Waals surface area contributed by atoms with Crippen molar-refractivity contribution >= 4 is 23.2 Å². The van der Waals surface area contributed by atoms with Crippen LogP contribution in [0.1, 0.15) is 6.42 Å². The van der Waals surface area contributed by atoms with Crippen molar-refractivity contribution in [2.24, 2.45) is 5.73 Å². The standard InChI is InChI=1S/C17H20ClN5O2/c18-16-14(21-8-10-22(11-9-21)15(24)6-7-19)12-20-23(17(16)25)13-4-2-1-3-5-13/h1-5,12H,6-11,19H2. The summed E-state index contributed by atoms with van der Waals surface area (Å²) in [6, 6.07) is 9.14. The molecule has 25 heavy (non-hydrogen) atoms. The van der Waals surface area contributed by atoms with E-state index in [9.17, 15) is 9.59 Å². The van der Waals surface area contributed by atoms with Gasteiger partial charge < -0.3 is 15.5 Å². The first kappa shape index (κ1) is 17.4. The van der Waals surface area contributed by atoms with E-state index in [1.54, 1.807) is 23.2 Å². The lowest BCUT2D eigenvalue weighted by molar-refractivity contribution is -0.131. The Hall–Kier alpha value is -2.38. The molecular formula is C17H20ClN5O2. The molecule has 2 heterocycles. The third-order valence-electron chi connectivity index (χ3n) is 4.23. The van der Waals surface area contributed by atoms with Crippen LogP contribution in [0.3, 0.4) is 0 Å². The Balaban J connectivity index is 1.78. The van der Waals surface area contributed by atoms with Crippen molar-refractivity contribution < 1.29 is 4.79 Å². The first-order valence-electron chi connectivity index (χ1n) is 8.18. The Morgan fingerprint density at radius 3 is 2.48 bits per heavy atom. The predicted molar refractivity (Wildman–Crippen MR) is 97.3 cm³/mol. The second kappa shape index (κ2) is 7.67. The molecule has 1 aliphatic heterocycles. The van der Waals surface area contributed by atoms with Gasteiger partial charge in [-0.15, -0.1) is 0 Å². The number of nitrogens with zero attached hydrogens (tertiary/aromatic N) is 4. The molecular weight excluding hydrogens is 342 g/mol. The van der Waals surface area contributed by atoms with E-state index in [1.165, 1.54) is 4.68 Å². The average Bonchev–Trinajstić information content (AvgIpc) is 2.65. The Labute approximate surface area is 150 Å². The molecule has 0 atom stereocenters. The lowest BCUT2D eigenvalue weighted by atomic mass is 10.2. The van der Waals surface area contributed by atoms with E-state index in [2.05, 4.69) is 5.10 Å². The Morgan fingerprint density at radius 2 is 1.84 bits per heavy atom. The summed E-state index contributed by atoms with van der Waals surface area (Å²) in [5, 5.41) is 4.39. The molecule has 132 valence electrons. The van der Waals surface area contributed by atoms with Gasteiger partial charge in [0.15, 0.2) is 0 Å². The molecule has 1 aliphatic rings. The molecule has 0 radical (unpaired) electrons. The van der Waals surface area contributed by atoms with Crippen molar-refractivity contribution in [2.45, 2.75) is 6.42 Å². The summed E-state index contributed by atoms with van der Waals surface area (Å²) in [4.78, 5) is 28.2. The molecule has 2 N–H and O–H groups in total. The number of para-hydroxylation sites is 1. The van der Waals surface area contributed by atoms with Crippen molar-refractivity contribution in [3.63, 3.8) is 0 Å². The summed E-state index contributed by atoms with van der Waals surface area (Å²) in [5.74, 6) is 0.0610. The van der Waals surface area contributed by atoms with Crippen LogP contribution in [-0.4, -0.2) is 53.3 Å². The van der Waals surface area contributed by atoms with E-state index in [4.69, 9.17) is 17.3 Å². The van der Waals surface area contributed by atoms with E-state index in [1.807, 2.05) is 23.1 Å². The molecule has 1 amide bonds.